The predicted molar refractivity (Wildman–Crippen MR) is 110 cm³/mol. The van der Waals surface area contributed by atoms with Gasteiger partial charge in [0.1, 0.15) is 0 Å². The molecule has 1 aromatic carbocycles. The monoisotopic (exact) mass is 383 g/mol. The fraction of sp³-hybridized carbons (Fsp3) is 0.611. The van der Waals surface area contributed by atoms with Crippen LogP contribution in [0.4, 0.5) is 5.69 Å². The quantitative estimate of drug-likeness (QED) is 0.289. The fourth-order valence-electron chi connectivity index (χ4n) is 2.43. The van der Waals surface area contributed by atoms with Crippen molar-refractivity contribution >= 4 is 21.7 Å². The molecular formula is C18H33N5O2S. The average molecular weight is 384 g/mol. The zero-order chi connectivity index (χ0) is 19.3. The van der Waals surface area contributed by atoms with Gasteiger partial charge < -0.3 is 15.5 Å². The molecule has 0 bridgehead atoms. The van der Waals surface area contributed by atoms with Gasteiger partial charge in [-0.1, -0.05) is 18.2 Å². The van der Waals surface area contributed by atoms with Crippen molar-refractivity contribution < 1.29 is 8.42 Å². The number of hydrogen-bond donors (Lipinski definition) is 3. The highest BCUT2D eigenvalue weighted by Crippen LogP contribution is 2.12. The minimum atomic E-state index is -3.11. The number of aliphatic imine (C=N–C) groups is 1. The van der Waals surface area contributed by atoms with Crippen LogP contribution in [0.3, 0.4) is 0 Å². The van der Waals surface area contributed by atoms with Crippen LogP contribution < -0.4 is 20.3 Å². The van der Waals surface area contributed by atoms with E-state index in [2.05, 4.69) is 56.4 Å². The van der Waals surface area contributed by atoms with Gasteiger partial charge in [-0.15, -0.1) is 0 Å². The summed E-state index contributed by atoms with van der Waals surface area (Å²) in [5.41, 5.74) is 1.24. The number of hydrogen-bond acceptors (Lipinski definition) is 4. The van der Waals surface area contributed by atoms with Gasteiger partial charge in [0.2, 0.25) is 10.0 Å². The van der Waals surface area contributed by atoms with E-state index in [1.54, 1.807) is 14.0 Å². The molecule has 0 heterocycles. The van der Waals surface area contributed by atoms with Crippen molar-refractivity contribution in [3.05, 3.63) is 30.3 Å². The number of sulfonamides is 1. The molecule has 3 N–H and O–H groups in total. The van der Waals surface area contributed by atoms with Crippen LogP contribution in [-0.4, -0.2) is 59.9 Å². The maximum Gasteiger partial charge on any atom is 0.211 e. The Kier molecular flexibility index (Phi) is 10.7. The number of nitrogens with one attached hydrogen (secondary N) is 3. The summed E-state index contributed by atoms with van der Waals surface area (Å²) in [6, 6.07) is 10.4. The van der Waals surface area contributed by atoms with Gasteiger partial charge in [-0.3, -0.25) is 4.99 Å². The van der Waals surface area contributed by atoms with E-state index in [1.165, 1.54) is 5.69 Å². The maximum absolute atomic E-state index is 11.3. The average Bonchev–Trinajstić information content (AvgIpc) is 2.66. The molecule has 0 amide bonds. The summed E-state index contributed by atoms with van der Waals surface area (Å²) < 4.78 is 25.2. The van der Waals surface area contributed by atoms with E-state index >= 15 is 0 Å². The smallest absolute Gasteiger partial charge is 0.211 e. The molecule has 0 aliphatic rings. The van der Waals surface area contributed by atoms with Crippen molar-refractivity contribution in [2.24, 2.45) is 4.99 Å². The fourth-order valence-corrected chi connectivity index (χ4v) is 3.09. The lowest BCUT2D eigenvalue weighted by Crippen LogP contribution is -2.40. The Morgan fingerprint density at radius 2 is 1.69 bits per heavy atom. The number of nitrogens with zero attached hydrogens (tertiary/aromatic N) is 2. The number of rotatable bonds is 12. The molecule has 0 spiro atoms. The molecule has 0 saturated heterocycles. The first-order chi connectivity index (χ1) is 12.5. The molecule has 148 valence electrons. The first-order valence-electron chi connectivity index (χ1n) is 9.24. The van der Waals surface area contributed by atoms with Crippen LogP contribution in [0.5, 0.6) is 0 Å². The lowest BCUT2D eigenvalue weighted by molar-refractivity contribution is 0.579. The highest BCUT2D eigenvalue weighted by Gasteiger charge is 2.05. The van der Waals surface area contributed by atoms with E-state index in [0.717, 1.165) is 32.0 Å². The summed E-state index contributed by atoms with van der Waals surface area (Å²) in [5, 5.41) is 6.49. The minimum Gasteiger partial charge on any atom is -0.372 e. The molecule has 8 heteroatoms. The Morgan fingerprint density at radius 1 is 1.04 bits per heavy atom. The predicted octanol–water partition coefficient (Wildman–Crippen LogP) is 1.40. The Hall–Kier alpha value is -1.80. The van der Waals surface area contributed by atoms with Crippen LogP contribution >= 0.6 is 0 Å². The van der Waals surface area contributed by atoms with Gasteiger partial charge in [0, 0.05) is 45.5 Å². The zero-order valence-corrected chi connectivity index (χ0v) is 17.0. The molecule has 0 fully saturated rings. The SMILES string of the molecule is CCN(CCCNC(=NC)NCCCNS(=O)(=O)CC)c1ccccc1. The molecule has 0 aromatic heterocycles. The largest absolute Gasteiger partial charge is 0.372 e. The van der Waals surface area contributed by atoms with Crippen LogP contribution in [0.15, 0.2) is 35.3 Å². The van der Waals surface area contributed by atoms with Crippen LogP contribution in [0.2, 0.25) is 0 Å². The van der Waals surface area contributed by atoms with Crippen molar-refractivity contribution in [2.45, 2.75) is 26.7 Å². The number of benzene rings is 1. The van der Waals surface area contributed by atoms with Gasteiger partial charge in [0.05, 0.1) is 5.75 Å². The molecular weight excluding hydrogens is 350 g/mol. The van der Waals surface area contributed by atoms with Crippen molar-refractivity contribution in [1.82, 2.24) is 15.4 Å². The van der Waals surface area contributed by atoms with Crippen molar-refractivity contribution in [2.75, 3.05) is 50.4 Å². The third-order valence-corrected chi connectivity index (χ3v) is 5.38. The number of guanidine groups is 1. The molecule has 7 nitrogen and oxygen atoms in total. The van der Waals surface area contributed by atoms with Gasteiger partial charge in [0.15, 0.2) is 5.96 Å². The van der Waals surface area contributed by atoms with Gasteiger partial charge >= 0.3 is 0 Å². The highest BCUT2D eigenvalue weighted by molar-refractivity contribution is 7.89. The molecule has 1 aromatic rings. The Labute approximate surface area is 158 Å². The van der Waals surface area contributed by atoms with Crippen LogP contribution in [-0.2, 0) is 10.0 Å². The number of para-hydroxylation sites is 1. The molecule has 0 aliphatic carbocycles. The molecule has 0 atom stereocenters. The van der Waals surface area contributed by atoms with Crippen molar-refractivity contribution in [3.8, 4) is 0 Å². The lowest BCUT2D eigenvalue weighted by Gasteiger charge is -2.23. The third-order valence-electron chi connectivity index (χ3n) is 3.97. The lowest BCUT2D eigenvalue weighted by atomic mass is 10.2. The van der Waals surface area contributed by atoms with Crippen LogP contribution in [0.25, 0.3) is 0 Å². The first kappa shape index (κ1) is 22.2. The maximum atomic E-state index is 11.3. The summed E-state index contributed by atoms with van der Waals surface area (Å²) in [6.07, 6.45) is 1.71. The Bertz CT molecular complexity index is 620. The van der Waals surface area contributed by atoms with Crippen LogP contribution in [0, 0.1) is 0 Å². The molecule has 26 heavy (non-hydrogen) atoms. The summed E-state index contributed by atoms with van der Waals surface area (Å²) in [4.78, 5) is 6.53. The van der Waals surface area contributed by atoms with Gasteiger partial charge in [-0.2, -0.15) is 0 Å². The standard InChI is InChI=1S/C18H33N5O2S/c1-4-23(17-11-7-6-8-12-17)16-10-14-21-18(19-3)20-13-9-15-22-26(24,25)5-2/h6-8,11-12,22H,4-5,9-10,13-16H2,1-3H3,(H2,19,20,21). The summed E-state index contributed by atoms with van der Waals surface area (Å²) in [5.74, 6) is 0.854. The van der Waals surface area contributed by atoms with Gasteiger partial charge in [-0.25, -0.2) is 13.1 Å². The van der Waals surface area contributed by atoms with Crippen molar-refractivity contribution in [1.29, 1.82) is 0 Å². The van der Waals surface area contributed by atoms with E-state index in [4.69, 9.17) is 0 Å². The topological polar surface area (TPSA) is 85.8 Å². The van der Waals surface area contributed by atoms with Crippen LogP contribution in [0.1, 0.15) is 26.7 Å². The summed E-state index contributed by atoms with van der Waals surface area (Å²) in [7, 11) is -1.37. The Morgan fingerprint density at radius 3 is 2.27 bits per heavy atom. The van der Waals surface area contributed by atoms with Crippen molar-refractivity contribution in [3.63, 3.8) is 0 Å². The van der Waals surface area contributed by atoms with E-state index in [1.807, 2.05) is 6.07 Å². The zero-order valence-electron chi connectivity index (χ0n) is 16.2. The van der Waals surface area contributed by atoms with E-state index in [9.17, 15) is 8.42 Å². The second-order valence-electron chi connectivity index (χ2n) is 5.85. The summed E-state index contributed by atoms with van der Waals surface area (Å²) >= 11 is 0. The minimum absolute atomic E-state index is 0.113. The van der Waals surface area contributed by atoms with E-state index in [-0.39, 0.29) is 5.75 Å². The molecule has 0 unspecified atom stereocenters. The van der Waals surface area contributed by atoms with E-state index < -0.39 is 10.0 Å². The highest BCUT2D eigenvalue weighted by atomic mass is 32.2. The van der Waals surface area contributed by atoms with Gasteiger partial charge in [0.25, 0.3) is 0 Å². The van der Waals surface area contributed by atoms with E-state index in [0.29, 0.717) is 19.5 Å². The molecule has 0 radical (unpaired) electrons. The summed E-state index contributed by atoms with van der Waals surface area (Å²) in [6.45, 7) is 7.66. The van der Waals surface area contributed by atoms with Gasteiger partial charge in [-0.05, 0) is 38.8 Å². The number of anilines is 1. The molecule has 0 saturated carbocycles. The first-order valence-corrected chi connectivity index (χ1v) is 10.9. The molecule has 0 aliphatic heterocycles. The molecule has 1 rings (SSSR count). The normalized spacial score (nSPS) is 12.0. The second-order valence-corrected chi connectivity index (χ2v) is 7.94. The third kappa shape index (κ3) is 9.05. The Balaban J connectivity index is 2.20. The second kappa shape index (κ2) is 12.5.